The van der Waals surface area contributed by atoms with Crippen LogP contribution in [0.5, 0.6) is 0 Å². The summed E-state index contributed by atoms with van der Waals surface area (Å²) < 4.78 is 31.5. The van der Waals surface area contributed by atoms with E-state index in [4.69, 9.17) is 28.4 Å². The van der Waals surface area contributed by atoms with E-state index in [-0.39, 0.29) is 12.6 Å². The highest BCUT2D eigenvalue weighted by Gasteiger charge is 2.16. The standard InChI is InChI=1S/C8H16.2C7H14O.2C6H12O2/c1-7-3-5-8(2)6-4-7;2*1-6-3-4-7(2)8-5-6;2*1-5-3-7-6(2)8-4-5/h7-8H,3-6H2,1-2H3;2*6-7H,3-5H2,1-2H3;2*5-6H,3-4H2,1-2H3/t;6?,7-;6-,7?;;/m.11../s1. The lowest BCUT2D eigenvalue weighted by Gasteiger charge is -2.24. The molecule has 6 heteroatoms. The minimum absolute atomic E-state index is 0.0196. The van der Waals surface area contributed by atoms with Crippen molar-refractivity contribution in [3.63, 3.8) is 0 Å². The normalized spacial score (nSPS) is 39.8. The Kier molecular flexibility index (Phi) is 21.1. The average Bonchev–Trinajstić information content (AvgIpc) is 2.94. The molecule has 0 spiro atoms. The van der Waals surface area contributed by atoms with Gasteiger partial charge in [0.05, 0.1) is 38.6 Å². The van der Waals surface area contributed by atoms with Gasteiger partial charge in [-0.3, -0.25) is 0 Å². The van der Waals surface area contributed by atoms with Gasteiger partial charge in [-0.2, -0.15) is 0 Å². The second-order valence-corrected chi connectivity index (χ2v) is 13.7. The Bertz CT molecular complexity index is 383. The highest BCUT2D eigenvalue weighted by atomic mass is 16.7. The quantitative estimate of drug-likeness (QED) is 0.290. The van der Waals surface area contributed by atoms with E-state index in [1.807, 2.05) is 13.8 Å². The molecule has 4 aliphatic heterocycles. The van der Waals surface area contributed by atoms with Gasteiger partial charge < -0.3 is 28.4 Å². The van der Waals surface area contributed by atoms with Gasteiger partial charge in [-0.05, 0) is 77.0 Å². The lowest BCUT2D eigenvalue weighted by atomic mass is 9.84. The van der Waals surface area contributed by atoms with Crippen LogP contribution in [0.1, 0.15) is 121 Å². The fourth-order valence-electron chi connectivity index (χ4n) is 4.85. The molecule has 0 N–H and O–H groups in total. The van der Waals surface area contributed by atoms with Crippen molar-refractivity contribution in [2.45, 2.75) is 145 Å². The molecule has 0 aromatic rings. The Morgan fingerprint density at radius 1 is 0.275 bits per heavy atom. The van der Waals surface area contributed by atoms with Crippen LogP contribution in [0, 0.1) is 35.5 Å². The topological polar surface area (TPSA) is 55.4 Å². The number of hydrogen-bond donors (Lipinski definition) is 0. The first-order chi connectivity index (χ1) is 18.9. The van der Waals surface area contributed by atoms with Crippen LogP contribution in [0.2, 0.25) is 0 Å². The predicted octanol–water partition coefficient (Wildman–Crippen LogP) is 8.51. The van der Waals surface area contributed by atoms with Crippen LogP contribution in [-0.4, -0.2) is 64.4 Å². The molecule has 6 nitrogen and oxygen atoms in total. The van der Waals surface area contributed by atoms with Gasteiger partial charge in [-0.15, -0.1) is 0 Å². The van der Waals surface area contributed by atoms with Gasteiger partial charge in [0.25, 0.3) is 0 Å². The van der Waals surface area contributed by atoms with E-state index >= 15 is 0 Å². The Hall–Kier alpha value is -0.240. The molecule has 1 saturated carbocycles. The third-order valence-electron chi connectivity index (χ3n) is 8.23. The van der Waals surface area contributed by atoms with Gasteiger partial charge >= 0.3 is 0 Å². The highest BCUT2D eigenvalue weighted by molar-refractivity contribution is 4.66. The summed E-state index contributed by atoms with van der Waals surface area (Å²) in [5.41, 5.74) is 0. The van der Waals surface area contributed by atoms with Crippen molar-refractivity contribution < 1.29 is 28.4 Å². The van der Waals surface area contributed by atoms with Gasteiger partial charge in [0, 0.05) is 25.0 Å². The summed E-state index contributed by atoms with van der Waals surface area (Å²) in [4.78, 5) is 0. The fraction of sp³-hybridized carbons (Fsp3) is 1.00. The molecule has 0 radical (unpaired) electrons. The van der Waals surface area contributed by atoms with Crippen LogP contribution in [0.25, 0.3) is 0 Å². The summed E-state index contributed by atoms with van der Waals surface area (Å²) in [6.45, 7) is 26.9. The largest absolute Gasteiger partial charge is 0.378 e. The van der Waals surface area contributed by atoms with Crippen LogP contribution >= 0.6 is 0 Å². The van der Waals surface area contributed by atoms with Crippen molar-refractivity contribution in [2.24, 2.45) is 35.5 Å². The maximum Gasteiger partial charge on any atom is 0.154 e. The number of ether oxygens (including phenoxy) is 6. The van der Waals surface area contributed by atoms with E-state index in [9.17, 15) is 0 Å². The zero-order valence-electron chi connectivity index (χ0n) is 28.1. The zero-order valence-corrected chi connectivity index (χ0v) is 28.1. The molecule has 0 amide bonds. The van der Waals surface area contributed by atoms with Gasteiger partial charge in [-0.1, -0.05) is 67.2 Å². The van der Waals surface area contributed by atoms with Crippen LogP contribution in [-0.2, 0) is 28.4 Å². The third kappa shape index (κ3) is 20.6. The zero-order chi connectivity index (χ0) is 29.9. The van der Waals surface area contributed by atoms with E-state index in [1.54, 1.807) is 0 Å². The number of rotatable bonds is 0. The molecule has 4 saturated heterocycles. The summed E-state index contributed by atoms with van der Waals surface area (Å²) in [7, 11) is 0. The fourth-order valence-corrected chi connectivity index (χ4v) is 4.85. The first kappa shape index (κ1) is 37.8. The van der Waals surface area contributed by atoms with Crippen molar-refractivity contribution in [1.29, 1.82) is 0 Å². The van der Waals surface area contributed by atoms with E-state index in [0.29, 0.717) is 24.0 Å². The smallest absolute Gasteiger partial charge is 0.154 e. The Morgan fingerprint density at radius 2 is 0.525 bits per heavy atom. The molecule has 0 bridgehead atoms. The summed E-state index contributed by atoms with van der Waals surface area (Å²) >= 11 is 0. The molecule has 5 aliphatic rings. The molecular weight excluding hydrogens is 504 g/mol. The summed E-state index contributed by atoms with van der Waals surface area (Å²) in [5, 5.41) is 0. The van der Waals surface area contributed by atoms with E-state index in [2.05, 4.69) is 55.4 Å². The Balaban J connectivity index is 0.000000250. The molecule has 5 fully saturated rings. The molecule has 0 aromatic carbocycles. The average molecular weight is 573 g/mol. The van der Waals surface area contributed by atoms with Crippen molar-refractivity contribution in [1.82, 2.24) is 0 Å². The molecule has 40 heavy (non-hydrogen) atoms. The molecule has 5 rings (SSSR count). The van der Waals surface area contributed by atoms with Crippen LogP contribution < -0.4 is 0 Å². The second kappa shape index (κ2) is 22.3. The Morgan fingerprint density at radius 3 is 0.725 bits per heavy atom. The molecule has 1 aliphatic carbocycles. The molecular formula is C34H68O6. The van der Waals surface area contributed by atoms with Crippen LogP contribution in [0.3, 0.4) is 0 Å². The van der Waals surface area contributed by atoms with E-state index < -0.39 is 0 Å². The lowest BCUT2D eigenvalue weighted by molar-refractivity contribution is -0.187. The maximum atomic E-state index is 5.39. The molecule has 240 valence electrons. The lowest BCUT2D eigenvalue weighted by Crippen LogP contribution is -2.27. The number of hydrogen-bond acceptors (Lipinski definition) is 6. The van der Waals surface area contributed by atoms with Gasteiger partial charge in [-0.25, -0.2) is 0 Å². The van der Waals surface area contributed by atoms with Gasteiger partial charge in [0.15, 0.2) is 12.6 Å². The monoisotopic (exact) mass is 573 g/mol. The Labute approximate surface area is 248 Å². The van der Waals surface area contributed by atoms with Crippen LogP contribution in [0.4, 0.5) is 0 Å². The molecule has 2 unspecified atom stereocenters. The van der Waals surface area contributed by atoms with Crippen molar-refractivity contribution >= 4 is 0 Å². The van der Waals surface area contributed by atoms with Gasteiger partial charge in [0.1, 0.15) is 0 Å². The maximum absolute atomic E-state index is 5.39. The summed E-state index contributed by atoms with van der Waals surface area (Å²) in [6.07, 6.45) is 12.2. The van der Waals surface area contributed by atoms with Crippen molar-refractivity contribution in [2.75, 3.05) is 39.6 Å². The van der Waals surface area contributed by atoms with Crippen molar-refractivity contribution in [3.8, 4) is 0 Å². The van der Waals surface area contributed by atoms with Crippen molar-refractivity contribution in [3.05, 3.63) is 0 Å². The molecule has 0 aromatic heterocycles. The van der Waals surface area contributed by atoms with Crippen LogP contribution in [0.15, 0.2) is 0 Å². The first-order valence-electron chi connectivity index (χ1n) is 16.6. The summed E-state index contributed by atoms with van der Waals surface area (Å²) in [5.74, 6) is 4.78. The van der Waals surface area contributed by atoms with E-state index in [1.165, 1.54) is 51.4 Å². The highest BCUT2D eigenvalue weighted by Crippen LogP contribution is 2.27. The SMILES string of the molecule is CC1CCC(C)CC1.CC1CC[C@@H](C)CO1.CC1CC[C@@H](C)OC1.CC1COC(C)OC1.CC1COC(C)OC1. The third-order valence-corrected chi connectivity index (χ3v) is 8.23. The second-order valence-electron chi connectivity index (χ2n) is 13.7. The molecule has 4 atom stereocenters. The first-order valence-corrected chi connectivity index (χ1v) is 16.6. The van der Waals surface area contributed by atoms with Gasteiger partial charge in [0.2, 0.25) is 0 Å². The summed E-state index contributed by atoms with van der Waals surface area (Å²) in [6, 6.07) is 0. The predicted molar refractivity (Wildman–Crippen MR) is 165 cm³/mol. The minimum atomic E-state index is 0.0196. The molecule has 4 heterocycles. The van der Waals surface area contributed by atoms with E-state index in [0.717, 1.165) is 63.3 Å². The minimum Gasteiger partial charge on any atom is -0.378 e.